The molecule has 0 bridgehead atoms. The number of aliphatic hydroxyl groups excluding tert-OH is 2. The van der Waals surface area contributed by atoms with Gasteiger partial charge in [-0.1, -0.05) is 66.2 Å². The SMILES string of the molecule is Cc1ccc(C)c(O)c1.Cc1ccc(O)c(C)c1.Cc1ccc(O)cc1C.Cc1cccc(C)c1O.Cc1cccc(O)c1C.OCCO. The molecular weight excluding hydrogens is 616 g/mol. The van der Waals surface area contributed by atoms with Gasteiger partial charge in [-0.25, -0.2) is 0 Å². The van der Waals surface area contributed by atoms with Crippen LogP contribution in [0, 0.1) is 69.2 Å². The number of hydrogen-bond acceptors (Lipinski definition) is 7. The molecule has 266 valence electrons. The molecule has 0 unspecified atom stereocenters. The molecule has 0 aliphatic carbocycles. The summed E-state index contributed by atoms with van der Waals surface area (Å²) in [7, 11) is 0. The molecule has 0 fully saturated rings. The summed E-state index contributed by atoms with van der Waals surface area (Å²) < 4.78 is 0. The van der Waals surface area contributed by atoms with Crippen molar-refractivity contribution in [2.75, 3.05) is 13.2 Å². The summed E-state index contributed by atoms with van der Waals surface area (Å²) in [6.07, 6.45) is 0. The fraction of sp³-hybridized carbons (Fsp3) is 0.286. The minimum Gasteiger partial charge on any atom is -0.508 e. The number of phenolic OH excluding ortho intramolecular Hbond substituents is 5. The fourth-order valence-electron chi connectivity index (χ4n) is 3.79. The van der Waals surface area contributed by atoms with Crippen LogP contribution in [0.1, 0.15) is 55.6 Å². The van der Waals surface area contributed by atoms with Crippen LogP contribution >= 0.6 is 0 Å². The average molecular weight is 673 g/mol. The molecule has 7 N–H and O–H groups in total. The Morgan fingerprint density at radius 1 is 0.367 bits per heavy atom. The summed E-state index contributed by atoms with van der Waals surface area (Å²) in [5.41, 5.74) is 10.5. The van der Waals surface area contributed by atoms with E-state index < -0.39 is 0 Å². The van der Waals surface area contributed by atoms with Crippen LogP contribution in [-0.4, -0.2) is 49.0 Å². The Kier molecular flexibility index (Phi) is 21.0. The first-order valence-electron chi connectivity index (χ1n) is 16.0. The largest absolute Gasteiger partial charge is 0.508 e. The van der Waals surface area contributed by atoms with E-state index in [-0.39, 0.29) is 13.2 Å². The van der Waals surface area contributed by atoms with Crippen molar-refractivity contribution in [3.05, 3.63) is 147 Å². The number of hydrogen-bond donors (Lipinski definition) is 7. The molecule has 5 rings (SSSR count). The Balaban J connectivity index is 0.000000572. The topological polar surface area (TPSA) is 142 Å². The predicted octanol–water partition coefficient (Wildman–Crippen LogP) is 9.02. The van der Waals surface area contributed by atoms with Crippen LogP contribution in [0.2, 0.25) is 0 Å². The van der Waals surface area contributed by atoms with Gasteiger partial charge in [-0.05, 0) is 150 Å². The molecule has 7 nitrogen and oxygen atoms in total. The second-order valence-electron chi connectivity index (χ2n) is 11.8. The molecule has 0 aromatic heterocycles. The molecule has 5 aromatic carbocycles. The molecule has 0 amide bonds. The highest BCUT2D eigenvalue weighted by atomic mass is 16.3. The lowest BCUT2D eigenvalue weighted by molar-refractivity contribution is 0.186. The van der Waals surface area contributed by atoms with E-state index in [1.165, 1.54) is 11.1 Å². The Morgan fingerprint density at radius 3 is 1.24 bits per heavy atom. The zero-order valence-electron chi connectivity index (χ0n) is 30.7. The smallest absolute Gasteiger partial charge is 0.121 e. The summed E-state index contributed by atoms with van der Waals surface area (Å²) in [6, 6.07) is 27.8. The molecule has 0 aliphatic rings. The Morgan fingerprint density at radius 2 is 0.857 bits per heavy atom. The Labute approximate surface area is 293 Å². The monoisotopic (exact) mass is 672 g/mol. The zero-order valence-corrected chi connectivity index (χ0v) is 30.7. The Hall–Kier alpha value is -4.98. The van der Waals surface area contributed by atoms with Crippen molar-refractivity contribution >= 4 is 0 Å². The summed E-state index contributed by atoms with van der Waals surface area (Å²) >= 11 is 0. The number of para-hydroxylation sites is 1. The van der Waals surface area contributed by atoms with Crippen LogP contribution in [0.15, 0.2) is 91.0 Å². The fourth-order valence-corrected chi connectivity index (χ4v) is 3.79. The third kappa shape index (κ3) is 18.2. The van der Waals surface area contributed by atoms with E-state index in [2.05, 4.69) is 0 Å². The number of phenols is 5. The molecule has 0 aliphatic heterocycles. The first kappa shape index (κ1) is 44.0. The van der Waals surface area contributed by atoms with Crippen LogP contribution in [0.25, 0.3) is 0 Å². The van der Waals surface area contributed by atoms with Crippen LogP contribution in [0.5, 0.6) is 28.7 Å². The van der Waals surface area contributed by atoms with Crippen LogP contribution in [-0.2, 0) is 0 Å². The standard InChI is InChI=1S/5C8H10O.C2H6O2/c1-6-3-4-8(9)5-7(6)2;1-6-3-4-8(9)7(2)5-6;1-6-3-4-7(2)8(9)5-6;1-6-4-3-5-8(9)7(6)2;1-6-4-3-5-7(2)8(6)9;3-1-2-4/h5*3-5,9H,1-2H3;3-4H,1-2H2. The van der Waals surface area contributed by atoms with Gasteiger partial charge in [0.25, 0.3) is 0 Å². The molecule has 7 heteroatoms. The van der Waals surface area contributed by atoms with E-state index in [9.17, 15) is 5.11 Å². The van der Waals surface area contributed by atoms with E-state index in [4.69, 9.17) is 30.6 Å². The summed E-state index contributed by atoms with van der Waals surface area (Å²) in [4.78, 5) is 0. The molecule has 0 spiro atoms. The number of benzene rings is 5. The van der Waals surface area contributed by atoms with Gasteiger partial charge >= 0.3 is 0 Å². The van der Waals surface area contributed by atoms with E-state index in [0.29, 0.717) is 28.7 Å². The van der Waals surface area contributed by atoms with Gasteiger partial charge in [-0.2, -0.15) is 0 Å². The predicted molar refractivity (Wildman–Crippen MR) is 202 cm³/mol. The molecule has 0 saturated heterocycles. The van der Waals surface area contributed by atoms with Gasteiger partial charge < -0.3 is 35.7 Å². The minimum atomic E-state index is -0.125. The van der Waals surface area contributed by atoms with Gasteiger partial charge in [0.1, 0.15) is 28.7 Å². The van der Waals surface area contributed by atoms with E-state index in [1.54, 1.807) is 30.3 Å². The van der Waals surface area contributed by atoms with Crippen molar-refractivity contribution in [2.24, 2.45) is 0 Å². The van der Waals surface area contributed by atoms with Gasteiger partial charge in [-0.3, -0.25) is 0 Å². The van der Waals surface area contributed by atoms with Crippen molar-refractivity contribution in [3.8, 4) is 28.7 Å². The lowest BCUT2D eigenvalue weighted by Crippen LogP contribution is -1.85. The van der Waals surface area contributed by atoms with Crippen molar-refractivity contribution in [1.82, 2.24) is 0 Å². The van der Waals surface area contributed by atoms with E-state index >= 15 is 0 Å². The maximum Gasteiger partial charge on any atom is 0.121 e. The maximum absolute atomic E-state index is 9.21. The molecular formula is C42H56O7. The first-order valence-corrected chi connectivity index (χ1v) is 16.0. The van der Waals surface area contributed by atoms with Crippen molar-refractivity contribution in [3.63, 3.8) is 0 Å². The van der Waals surface area contributed by atoms with Crippen molar-refractivity contribution in [1.29, 1.82) is 0 Å². The third-order valence-corrected chi connectivity index (χ3v) is 7.32. The van der Waals surface area contributed by atoms with Crippen LogP contribution in [0.4, 0.5) is 0 Å². The normalized spacial score (nSPS) is 9.39. The van der Waals surface area contributed by atoms with Gasteiger partial charge in [0.15, 0.2) is 0 Å². The zero-order chi connectivity index (χ0) is 37.7. The van der Waals surface area contributed by atoms with Crippen LogP contribution in [0.3, 0.4) is 0 Å². The van der Waals surface area contributed by atoms with Crippen LogP contribution < -0.4 is 0 Å². The summed E-state index contributed by atoms with van der Waals surface area (Å²) in [5.74, 6) is 1.90. The van der Waals surface area contributed by atoms with Gasteiger partial charge in [-0.15, -0.1) is 0 Å². The van der Waals surface area contributed by atoms with Crippen molar-refractivity contribution in [2.45, 2.75) is 69.2 Å². The van der Waals surface area contributed by atoms with Gasteiger partial charge in [0, 0.05) is 0 Å². The van der Waals surface area contributed by atoms with E-state index in [0.717, 1.165) is 44.5 Å². The van der Waals surface area contributed by atoms with Crippen molar-refractivity contribution < 1.29 is 35.7 Å². The second kappa shape index (κ2) is 23.4. The lowest BCUT2D eigenvalue weighted by Gasteiger charge is -1.99. The van der Waals surface area contributed by atoms with E-state index in [1.807, 2.05) is 130 Å². The highest BCUT2D eigenvalue weighted by molar-refractivity contribution is 5.39. The lowest BCUT2D eigenvalue weighted by atomic mass is 10.1. The molecule has 0 atom stereocenters. The highest BCUT2D eigenvalue weighted by Gasteiger charge is 1.96. The molecule has 0 heterocycles. The molecule has 0 saturated carbocycles. The third-order valence-electron chi connectivity index (χ3n) is 7.32. The Bertz CT molecular complexity index is 1480. The minimum absolute atomic E-state index is 0.125. The van der Waals surface area contributed by atoms with Gasteiger partial charge in [0.2, 0.25) is 0 Å². The summed E-state index contributed by atoms with van der Waals surface area (Å²) in [6.45, 7) is 19.2. The summed E-state index contributed by atoms with van der Waals surface area (Å²) in [5, 5.41) is 60.6. The van der Waals surface area contributed by atoms with Gasteiger partial charge in [0.05, 0.1) is 13.2 Å². The molecule has 0 radical (unpaired) electrons. The molecule has 49 heavy (non-hydrogen) atoms. The highest BCUT2D eigenvalue weighted by Crippen LogP contribution is 2.20. The molecule has 5 aromatic rings. The number of rotatable bonds is 1. The maximum atomic E-state index is 9.21. The number of aromatic hydroxyl groups is 5. The first-order chi connectivity index (χ1) is 22.9. The number of aryl methyl sites for hydroxylation is 9. The average Bonchev–Trinajstić information content (AvgIpc) is 3.06. The second-order valence-corrected chi connectivity index (χ2v) is 11.8. The quantitative estimate of drug-likeness (QED) is 0.0942. The number of aliphatic hydroxyl groups is 2.